The highest BCUT2D eigenvalue weighted by atomic mass is 19.1. The summed E-state index contributed by atoms with van der Waals surface area (Å²) in [6.07, 6.45) is 6.30. The van der Waals surface area contributed by atoms with E-state index < -0.39 is 11.6 Å². The van der Waals surface area contributed by atoms with Crippen molar-refractivity contribution in [2.45, 2.75) is 0 Å². The molecular formula is C13H9F2N. The molecule has 0 aliphatic rings. The van der Waals surface area contributed by atoms with Crippen molar-refractivity contribution in [2.24, 2.45) is 0 Å². The van der Waals surface area contributed by atoms with E-state index in [1.165, 1.54) is 24.3 Å². The van der Waals surface area contributed by atoms with E-state index in [1.54, 1.807) is 30.6 Å². The van der Waals surface area contributed by atoms with E-state index in [9.17, 15) is 8.78 Å². The zero-order chi connectivity index (χ0) is 11.4. The molecule has 1 aromatic heterocycles. The summed E-state index contributed by atoms with van der Waals surface area (Å²) in [6.45, 7) is 0. The van der Waals surface area contributed by atoms with Gasteiger partial charge < -0.3 is 0 Å². The Morgan fingerprint density at radius 1 is 0.875 bits per heavy atom. The van der Waals surface area contributed by atoms with E-state index in [-0.39, 0.29) is 5.56 Å². The number of hydrogen-bond donors (Lipinski definition) is 0. The first-order valence-corrected chi connectivity index (χ1v) is 4.79. The molecule has 0 unspecified atom stereocenters. The highest BCUT2D eigenvalue weighted by Crippen LogP contribution is 2.15. The van der Waals surface area contributed by atoms with Crippen LogP contribution in [0.25, 0.3) is 12.2 Å². The van der Waals surface area contributed by atoms with E-state index in [4.69, 9.17) is 0 Å². The lowest BCUT2D eigenvalue weighted by molar-refractivity contribution is 0.579. The topological polar surface area (TPSA) is 12.9 Å². The van der Waals surface area contributed by atoms with E-state index >= 15 is 0 Å². The zero-order valence-corrected chi connectivity index (χ0v) is 8.40. The van der Waals surface area contributed by atoms with E-state index in [1.807, 2.05) is 0 Å². The van der Waals surface area contributed by atoms with Crippen LogP contribution in [0.5, 0.6) is 0 Å². The number of benzene rings is 1. The molecule has 0 aliphatic heterocycles. The van der Waals surface area contributed by atoms with E-state index in [2.05, 4.69) is 4.98 Å². The number of pyridine rings is 1. The van der Waals surface area contributed by atoms with Crippen LogP contribution in [-0.4, -0.2) is 4.98 Å². The van der Waals surface area contributed by atoms with Crippen molar-refractivity contribution >= 4 is 12.2 Å². The molecule has 0 amide bonds. The lowest BCUT2D eigenvalue weighted by Gasteiger charge is -1.98. The molecule has 2 rings (SSSR count). The van der Waals surface area contributed by atoms with Crippen molar-refractivity contribution < 1.29 is 8.78 Å². The van der Waals surface area contributed by atoms with Gasteiger partial charge in [0.05, 0.1) is 0 Å². The first-order chi connectivity index (χ1) is 7.77. The van der Waals surface area contributed by atoms with Gasteiger partial charge >= 0.3 is 0 Å². The molecule has 0 saturated carbocycles. The third-order valence-corrected chi connectivity index (χ3v) is 2.15. The van der Waals surface area contributed by atoms with Gasteiger partial charge in [0.25, 0.3) is 0 Å². The lowest BCUT2D eigenvalue weighted by Crippen LogP contribution is -1.86. The summed E-state index contributed by atoms with van der Waals surface area (Å²) in [5.74, 6) is -1.13. The third-order valence-electron chi connectivity index (χ3n) is 2.15. The summed E-state index contributed by atoms with van der Waals surface area (Å²) in [4.78, 5) is 3.85. The molecular weight excluding hydrogens is 208 g/mol. The fourth-order valence-corrected chi connectivity index (χ4v) is 1.32. The van der Waals surface area contributed by atoms with Crippen LogP contribution >= 0.6 is 0 Å². The van der Waals surface area contributed by atoms with Gasteiger partial charge in [-0.1, -0.05) is 12.1 Å². The predicted octanol–water partition coefficient (Wildman–Crippen LogP) is 3.53. The van der Waals surface area contributed by atoms with Gasteiger partial charge in [0.2, 0.25) is 0 Å². The van der Waals surface area contributed by atoms with Gasteiger partial charge in [-0.3, -0.25) is 4.98 Å². The molecule has 16 heavy (non-hydrogen) atoms. The van der Waals surface area contributed by atoms with Crippen LogP contribution in [0.15, 0.2) is 42.7 Å². The van der Waals surface area contributed by atoms with E-state index in [0.29, 0.717) is 0 Å². The minimum absolute atomic E-state index is 0.0284. The number of aromatic nitrogens is 1. The first-order valence-electron chi connectivity index (χ1n) is 4.79. The van der Waals surface area contributed by atoms with Gasteiger partial charge in [-0.05, 0) is 35.9 Å². The third kappa shape index (κ3) is 2.31. The van der Waals surface area contributed by atoms with Gasteiger partial charge in [0.1, 0.15) is 11.6 Å². The van der Waals surface area contributed by atoms with Crippen molar-refractivity contribution in [3.8, 4) is 0 Å². The summed E-state index contributed by atoms with van der Waals surface area (Å²) in [5, 5.41) is 0. The van der Waals surface area contributed by atoms with Crippen molar-refractivity contribution in [3.05, 3.63) is 65.5 Å². The molecule has 1 heterocycles. The first kappa shape index (κ1) is 10.5. The van der Waals surface area contributed by atoms with Gasteiger partial charge in [0, 0.05) is 18.0 Å². The Morgan fingerprint density at radius 2 is 1.50 bits per heavy atom. The van der Waals surface area contributed by atoms with Gasteiger partial charge in [-0.15, -0.1) is 0 Å². The number of hydrogen-bond acceptors (Lipinski definition) is 1. The Kier molecular flexibility index (Phi) is 3.05. The second-order valence-corrected chi connectivity index (χ2v) is 3.25. The molecule has 80 valence electrons. The Morgan fingerprint density at radius 3 is 2.12 bits per heavy atom. The largest absolute Gasteiger partial charge is 0.265 e. The van der Waals surface area contributed by atoms with Crippen molar-refractivity contribution in [2.75, 3.05) is 0 Å². The SMILES string of the molecule is Fc1cccc(F)c1/C=C/c1ccncc1. The number of halogens is 2. The molecule has 0 bridgehead atoms. The quantitative estimate of drug-likeness (QED) is 0.749. The number of nitrogens with zero attached hydrogens (tertiary/aromatic N) is 1. The highest BCUT2D eigenvalue weighted by molar-refractivity contribution is 5.69. The van der Waals surface area contributed by atoms with Crippen LogP contribution in [0, 0.1) is 11.6 Å². The Hall–Kier alpha value is -2.03. The Balaban J connectivity index is 2.31. The monoisotopic (exact) mass is 217 g/mol. The van der Waals surface area contributed by atoms with Crippen LogP contribution in [0.3, 0.4) is 0 Å². The standard InChI is InChI=1S/C13H9F2N/c14-12-2-1-3-13(15)11(12)5-4-10-6-8-16-9-7-10/h1-9H/b5-4+. The smallest absolute Gasteiger partial charge is 0.133 e. The van der Waals surface area contributed by atoms with Gasteiger partial charge in [-0.2, -0.15) is 0 Å². The van der Waals surface area contributed by atoms with E-state index in [0.717, 1.165) is 5.56 Å². The maximum atomic E-state index is 13.2. The van der Waals surface area contributed by atoms with Crippen LogP contribution in [0.4, 0.5) is 8.78 Å². The maximum Gasteiger partial charge on any atom is 0.133 e. The lowest BCUT2D eigenvalue weighted by atomic mass is 10.1. The second-order valence-electron chi connectivity index (χ2n) is 3.25. The molecule has 1 aromatic carbocycles. The minimum Gasteiger partial charge on any atom is -0.265 e. The molecule has 0 spiro atoms. The second kappa shape index (κ2) is 4.66. The molecule has 0 atom stereocenters. The number of rotatable bonds is 2. The van der Waals surface area contributed by atoms with Crippen LogP contribution in [0.1, 0.15) is 11.1 Å². The van der Waals surface area contributed by atoms with Crippen LogP contribution in [0.2, 0.25) is 0 Å². The van der Waals surface area contributed by atoms with Crippen molar-refractivity contribution in [3.63, 3.8) is 0 Å². The summed E-state index contributed by atoms with van der Waals surface area (Å²) in [6, 6.07) is 7.32. The summed E-state index contributed by atoms with van der Waals surface area (Å²) >= 11 is 0. The average Bonchev–Trinajstić information content (AvgIpc) is 2.30. The summed E-state index contributed by atoms with van der Waals surface area (Å²) in [5.41, 5.74) is 0.817. The van der Waals surface area contributed by atoms with Gasteiger partial charge in [0.15, 0.2) is 0 Å². The Bertz CT molecular complexity index is 486. The molecule has 2 aromatic rings. The average molecular weight is 217 g/mol. The maximum absolute atomic E-state index is 13.2. The van der Waals surface area contributed by atoms with Crippen LogP contribution < -0.4 is 0 Å². The fraction of sp³-hybridized carbons (Fsp3) is 0. The molecule has 0 N–H and O–H groups in total. The molecule has 0 radical (unpaired) electrons. The predicted molar refractivity (Wildman–Crippen MR) is 59.5 cm³/mol. The van der Waals surface area contributed by atoms with Crippen molar-refractivity contribution in [1.29, 1.82) is 0 Å². The summed E-state index contributed by atoms with van der Waals surface area (Å²) < 4.78 is 26.5. The zero-order valence-electron chi connectivity index (χ0n) is 8.40. The molecule has 0 saturated heterocycles. The molecule has 0 fully saturated rings. The molecule has 1 nitrogen and oxygen atoms in total. The fourth-order valence-electron chi connectivity index (χ4n) is 1.32. The Labute approximate surface area is 92.1 Å². The molecule has 3 heteroatoms. The van der Waals surface area contributed by atoms with Crippen LogP contribution in [-0.2, 0) is 0 Å². The van der Waals surface area contributed by atoms with Crippen molar-refractivity contribution in [1.82, 2.24) is 4.98 Å². The summed E-state index contributed by atoms with van der Waals surface area (Å²) in [7, 11) is 0. The minimum atomic E-state index is -0.565. The highest BCUT2D eigenvalue weighted by Gasteiger charge is 2.03. The normalized spacial score (nSPS) is 10.9. The molecule has 0 aliphatic carbocycles. The van der Waals surface area contributed by atoms with Gasteiger partial charge in [-0.25, -0.2) is 8.78 Å².